The number of nitrogens with zero attached hydrogens (tertiary/aromatic N) is 1. The summed E-state index contributed by atoms with van der Waals surface area (Å²) in [5.41, 5.74) is 8.23. The standard InChI is InChI=1S/C19H29N3O/c1-18(2,3)14-4-6-16(7-5-14)22-12-8-15(9-13-22)21-17(23)19(20)10-11-19/h4-7,15H,8-13,20H2,1-3H3,(H,21,23). The minimum absolute atomic E-state index is 0.0467. The van der Waals surface area contributed by atoms with Gasteiger partial charge in [0.15, 0.2) is 0 Å². The summed E-state index contributed by atoms with van der Waals surface area (Å²) in [6.07, 6.45) is 3.64. The smallest absolute Gasteiger partial charge is 0.240 e. The topological polar surface area (TPSA) is 58.4 Å². The minimum Gasteiger partial charge on any atom is -0.371 e. The van der Waals surface area contributed by atoms with E-state index in [-0.39, 0.29) is 17.4 Å². The second-order valence-electron chi connectivity index (χ2n) is 8.19. The van der Waals surface area contributed by atoms with Crippen LogP contribution < -0.4 is 16.0 Å². The van der Waals surface area contributed by atoms with Crippen molar-refractivity contribution in [1.82, 2.24) is 5.32 Å². The first-order valence-electron chi connectivity index (χ1n) is 8.73. The Morgan fingerprint density at radius 2 is 1.74 bits per heavy atom. The van der Waals surface area contributed by atoms with Crippen molar-refractivity contribution in [2.24, 2.45) is 5.73 Å². The van der Waals surface area contributed by atoms with Gasteiger partial charge in [-0.1, -0.05) is 32.9 Å². The molecule has 1 aliphatic heterocycles. The van der Waals surface area contributed by atoms with Gasteiger partial charge < -0.3 is 16.0 Å². The van der Waals surface area contributed by atoms with Crippen molar-refractivity contribution in [3.05, 3.63) is 29.8 Å². The van der Waals surface area contributed by atoms with Gasteiger partial charge in [0, 0.05) is 24.8 Å². The molecular weight excluding hydrogens is 286 g/mol. The lowest BCUT2D eigenvalue weighted by atomic mass is 9.87. The maximum absolute atomic E-state index is 12.0. The Bertz CT molecular complexity index is 561. The Morgan fingerprint density at radius 1 is 1.17 bits per heavy atom. The van der Waals surface area contributed by atoms with Crippen molar-refractivity contribution in [3.8, 4) is 0 Å². The van der Waals surface area contributed by atoms with Crippen molar-refractivity contribution in [3.63, 3.8) is 0 Å². The molecule has 1 saturated heterocycles. The highest BCUT2D eigenvalue weighted by molar-refractivity contribution is 5.89. The Morgan fingerprint density at radius 3 is 2.22 bits per heavy atom. The van der Waals surface area contributed by atoms with Crippen molar-refractivity contribution in [2.45, 2.75) is 63.5 Å². The Kier molecular flexibility index (Phi) is 4.13. The van der Waals surface area contributed by atoms with E-state index in [1.807, 2.05) is 0 Å². The molecule has 126 valence electrons. The molecule has 4 nitrogen and oxygen atoms in total. The third-order valence-corrected chi connectivity index (χ3v) is 5.17. The number of carbonyl (C=O) groups excluding carboxylic acids is 1. The molecule has 0 atom stereocenters. The quantitative estimate of drug-likeness (QED) is 0.901. The van der Waals surface area contributed by atoms with E-state index in [1.54, 1.807) is 0 Å². The lowest BCUT2D eigenvalue weighted by Crippen LogP contribution is -2.50. The number of nitrogens with two attached hydrogens (primary N) is 1. The number of nitrogens with one attached hydrogen (secondary N) is 1. The van der Waals surface area contributed by atoms with Crippen LogP contribution >= 0.6 is 0 Å². The maximum Gasteiger partial charge on any atom is 0.240 e. The van der Waals surface area contributed by atoms with Crippen molar-refractivity contribution in [2.75, 3.05) is 18.0 Å². The number of carbonyl (C=O) groups is 1. The molecule has 3 rings (SSSR count). The molecule has 0 spiro atoms. The van der Waals surface area contributed by atoms with Crippen LogP contribution in [0.4, 0.5) is 5.69 Å². The molecule has 4 heteroatoms. The van der Waals surface area contributed by atoms with Gasteiger partial charge in [0.05, 0.1) is 5.54 Å². The minimum atomic E-state index is -0.556. The van der Waals surface area contributed by atoms with Gasteiger partial charge in [-0.25, -0.2) is 0 Å². The van der Waals surface area contributed by atoms with Crippen LogP contribution in [0.2, 0.25) is 0 Å². The van der Waals surface area contributed by atoms with Gasteiger partial charge in [0.1, 0.15) is 0 Å². The first kappa shape index (κ1) is 16.3. The zero-order chi connectivity index (χ0) is 16.7. The average Bonchev–Trinajstić information content (AvgIpc) is 3.27. The Hall–Kier alpha value is -1.55. The summed E-state index contributed by atoms with van der Waals surface area (Å²) in [5, 5.41) is 3.13. The van der Waals surface area contributed by atoms with Gasteiger partial charge in [0.25, 0.3) is 0 Å². The number of anilines is 1. The number of benzene rings is 1. The number of piperidine rings is 1. The van der Waals surface area contributed by atoms with E-state index in [0.717, 1.165) is 38.8 Å². The van der Waals surface area contributed by atoms with Gasteiger partial charge in [-0.15, -0.1) is 0 Å². The molecule has 0 radical (unpaired) electrons. The maximum atomic E-state index is 12.0. The molecule has 2 aliphatic rings. The van der Waals surface area contributed by atoms with Crippen LogP contribution in [0, 0.1) is 0 Å². The summed E-state index contributed by atoms with van der Waals surface area (Å²) < 4.78 is 0. The van der Waals surface area contributed by atoms with Gasteiger partial charge in [-0.3, -0.25) is 4.79 Å². The molecule has 1 aliphatic carbocycles. The second kappa shape index (κ2) is 5.82. The summed E-state index contributed by atoms with van der Waals surface area (Å²) in [5.74, 6) is 0.0467. The normalized spacial score (nSPS) is 21.1. The van der Waals surface area contributed by atoms with Crippen molar-refractivity contribution in [1.29, 1.82) is 0 Å². The highest BCUT2D eigenvalue weighted by atomic mass is 16.2. The van der Waals surface area contributed by atoms with E-state index in [0.29, 0.717) is 0 Å². The SMILES string of the molecule is CC(C)(C)c1ccc(N2CCC(NC(=O)C3(N)CC3)CC2)cc1. The number of rotatable bonds is 3. The van der Waals surface area contributed by atoms with E-state index in [2.05, 4.69) is 55.3 Å². The monoisotopic (exact) mass is 315 g/mol. The molecule has 1 saturated carbocycles. The third-order valence-electron chi connectivity index (χ3n) is 5.17. The highest BCUT2D eigenvalue weighted by Crippen LogP contribution is 2.32. The first-order chi connectivity index (χ1) is 10.8. The average molecular weight is 315 g/mol. The summed E-state index contributed by atoms with van der Waals surface area (Å²) >= 11 is 0. The fraction of sp³-hybridized carbons (Fsp3) is 0.632. The molecule has 0 aromatic heterocycles. The van der Waals surface area contributed by atoms with Crippen LogP contribution in [0.5, 0.6) is 0 Å². The van der Waals surface area contributed by atoms with Crippen molar-refractivity contribution >= 4 is 11.6 Å². The summed E-state index contributed by atoms with van der Waals surface area (Å²) in [6, 6.07) is 9.17. The Balaban J connectivity index is 1.53. The molecular formula is C19H29N3O. The molecule has 0 bridgehead atoms. The van der Waals surface area contributed by atoms with Crippen molar-refractivity contribution < 1.29 is 4.79 Å². The summed E-state index contributed by atoms with van der Waals surface area (Å²) in [4.78, 5) is 14.4. The van der Waals surface area contributed by atoms with Gasteiger partial charge >= 0.3 is 0 Å². The predicted octanol–water partition coefficient (Wildman–Crippen LogP) is 2.56. The highest BCUT2D eigenvalue weighted by Gasteiger charge is 2.46. The van der Waals surface area contributed by atoms with Crippen LogP contribution in [0.15, 0.2) is 24.3 Å². The lowest BCUT2D eigenvalue weighted by molar-refractivity contribution is -0.124. The van der Waals surface area contributed by atoms with Crippen LogP contribution in [0.3, 0.4) is 0 Å². The number of amides is 1. The third kappa shape index (κ3) is 3.69. The Labute approximate surface area is 139 Å². The summed E-state index contributed by atoms with van der Waals surface area (Å²) in [7, 11) is 0. The van der Waals surface area contributed by atoms with E-state index in [4.69, 9.17) is 5.73 Å². The van der Waals surface area contributed by atoms with Gasteiger partial charge in [-0.2, -0.15) is 0 Å². The largest absolute Gasteiger partial charge is 0.371 e. The van der Waals surface area contributed by atoms with Crippen LogP contribution in [-0.2, 0) is 10.2 Å². The van der Waals surface area contributed by atoms with Crippen LogP contribution in [0.1, 0.15) is 52.0 Å². The first-order valence-corrected chi connectivity index (χ1v) is 8.73. The van der Waals surface area contributed by atoms with Crippen LogP contribution in [0.25, 0.3) is 0 Å². The zero-order valence-corrected chi connectivity index (χ0v) is 14.6. The lowest BCUT2D eigenvalue weighted by Gasteiger charge is -2.34. The van der Waals surface area contributed by atoms with E-state index in [1.165, 1.54) is 11.3 Å². The zero-order valence-electron chi connectivity index (χ0n) is 14.6. The summed E-state index contributed by atoms with van der Waals surface area (Å²) in [6.45, 7) is 8.68. The molecule has 1 aromatic carbocycles. The molecule has 23 heavy (non-hydrogen) atoms. The number of hydrogen-bond donors (Lipinski definition) is 2. The van der Waals surface area contributed by atoms with E-state index >= 15 is 0 Å². The second-order valence-corrected chi connectivity index (χ2v) is 8.19. The molecule has 2 fully saturated rings. The number of hydrogen-bond acceptors (Lipinski definition) is 3. The molecule has 1 heterocycles. The molecule has 3 N–H and O–H groups in total. The van der Waals surface area contributed by atoms with Gasteiger partial charge in [-0.05, 0) is 48.8 Å². The molecule has 0 unspecified atom stereocenters. The molecule has 1 aromatic rings. The van der Waals surface area contributed by atoms with E-state index in [9.17, 15) is 4.79 Å². The van der Waals surface area contributed by atoms with Crippen LogP contribution in [-0.4, -0.2) is 30.6 Å². The van der Waals surface area contributed by atoms with E-state index < -0.39 is 5.54 Å². The predicted molar refractivity (Wildman–Crippen MR) is 94.7 cm³/mol. The fourth-order valence-corrected chi connectivity index (χ4v) is 3.15. The fourth-order valence-electron chi connectivity index (χ4n) is 3.15. The van der Waals surface area contributed by atoms with Gasteiger partial charge in [0.2, 0.25) is 5.91 Å². The molecule has 1 amide bonds.